The van der Waals surface area contributed by atoms with E-state index in [1.54, 1.807) is 18.0 Å². The molecular weight excluding hydrogens is 492 g/mol. The van der Waals surface area contributed by atoms with Gasteiger partial charge in [-0.15, -0.1) is 6.58 Å². The topological polar surface area (TPSA) is 79.3 Å². The number of carbonyl (C=O) groups excluding carboxylic acids is 2. The summed E-state index contributed by atoms with van der Waals surface area (Å²) in [6, 6.07) is 11.1. The first-order valence-electron chi connectivity index (χ1n) is 13.6. The molecule has 2 aliphatic carbocycles. The van der Waals surface area contributed by atoms with Crippen molar-refractivity contribution < 1.29 is 24.2 Å². The van der Waals surface area contributed by atoms with Gasteiger partial charge in [0.15, 0.2) is 11.5 Å². The number of rotatable bonds is 4. The fraction of sp³-hybridized carbons (Fsp3) is 0.438. The van der Waals surface area contributed by atoms with Crippen molar-refractivity contribution in [1.82, 2.24) is 9.80 Å². The zero-order valence-corrected chi connectivity index (χ0v) is 22.7. The van der Waals surface area contributed by atoms with Crippen LogP contribution in [-0.4, -0.2) is 70.7 Å². The zero-order valence-electron chi connectivity index (χ0n) is 22.7. The maximum Gasteiger partial charge on any atom is 0.308 e. The van der Waals surface area contributed by atoms with Crippen molar-refractivity contribution in [2.45, 2.75) is 68.7 Å². The average molecular weight is 527 g/mol. The molecule has 2 bridgehead atoms. The molecule has 1 N–H and O–H groups in total. The standard InChI is InChI=1S/C32H34N2O5/c1-5-16-34-17-15-31-28-23-10-11-25(38-21(3)35)29(28)39-30(31)24(13-14-32(31,37)26(34)19-23)33(4)27(36)12-9-22-8-6-7-20(2)18-22/h5-8,10-11,18,24,26,30,37H,1,13-17,19H2,2-4H3/t24-,26-,30+,31+,32-/m1/s1. The normalized spacial score (nSPS) is 29.8. The molecule has 0 aromatic heterocycles. The van der Waals surface area contributed by atoms with Crippen LogP contribution in [0.15, 0.2) is 49.1 Å². The number of likely N-dealkylation sites (N-methyl/N-ethyl adjacent to an activating group) is 1. The third-order valence-corrected chi connectivity index (χ3v) is 9.29. The largest absolute Gasteiger partial charge is 0.483 e. The molecule has 39 heavy (non-hydrogen) atoms. The first-order valence-corrected chi connectivity index (χ1v) is 13.6. The quantitative estimate of drug-likeness (QED) is 0.286. The second-order valence-electron chi connectivity index (χ2n) is 11.3. The third kappa shape index (κ3) is 3.73. The lowest BCUT2D eigenvalue weighted by atomic mass is 9.48. The summed E-state index contributed by atoms with van der Waals surface area (Å²) in [6.07, 6.45) is 3.82. The average Bonchev–Trinajstić information content (AvgIpc) is 3.25. The molecule has 0 unspecified atom stereocenters. The number of hydrogen-bond acceptors (Lipinski definition) is 6. The molecule has 5 atom stereocenters. The molecule has 2 aromatic carbocycles. The lowest BCUT2D eigenvalue weighted by Crippen LogP contribution is -2.78. The Morgan fingerprint density at radius 1 is 1.31 bits per heavy atom. The number of aliphatic hydroxyl groups is 1. The fourth-order valence-corrected chi connectivity index (χ4v) is 7.70. The first-order chi connectivity index (χ1) is 18.7. The second-order valence-corrected chi connectivity index (χ2v) is 11.3. The van der Waals surface area contributed by atoms with Crippen LogP contribution >= 0.6 is 0 Å². The van der Waals surface area contributed by atoms with Gasteiger partial charge in [0.25, 0.3) is 5.91 Å². The Balaban J connectivity index is 1.42. The summed E-state index contributed by atoms with van der Waals surface area (Å²) >= 11 is 0. The summed E-state index contributed by atoms with van der Waals surface area (Å²) in [5.74, 6) is 6.00. The lowest BCUT2D eigenvalue weighted by molar-refractivity contribution is -0.197. The summed E-state index contributed by atoms with van der Waals surface area (Å²) < 4.78 is 12.3. The summed E-state index contributed by atoms with van der Waals surface area (Å²) in [7, 11) is 1.77. The highest BCUT2D eigenvalue weighted by Gasteiger charge is 2.73. The van der Waals surface area contributed by atoms with Crippen LogP contribution in [0.1, 0.15) is 48.4 Å². The van der Waals surface area contributed by atoms with Gasteiger partial charge in [-0.2, -0.15) is 0 Å². The highest BCUT2D eigenvalue weighted by molar-refractivity contribution is 5.94. The van der Waals surface area contributed by atoms with E-state index in [0.717, 1.165) is 28.8 Å². The molecule has 1 amide bonds. The van der Waals surface area contributed by atoms with Gasteiger partial charge < -0.3 is 19.5 Å². The monoisotopic (exact) mass is 526 g/mol. The minimum Gasteiger partial charge on any atom is -0.483 e. The molecule has 2 fully saturated rings. The summed E-state index contributed by atoms with van der Waals surface area (Å²) in [5, 5.41) is 12.6. The van der Waals surface area contributed by atoms with Crippen LogP contribution in [0.4, 0.5) is 0 Å². The van der Waals surface area contributed by atoms with Crippen molar-refractivity contribution in [2.24, 2.45) is 0 Å². The Morgan fingerprint density at radius 3 is 2.87 bits per heavy atom. The van der Waals surface area contributed by atoms with Crippen LogP contribution in [0.5, 0.6) is 11.5 Å². The van der Waals surface area contributed by atoms with Crippen LogP contribution < -0.4 is 9.47 Å². The predicted octanol–water partition coefficient (Wildman–Crippen LogP) is 3.14. The van der Waals surface area contributed by atoms with Crippen molar-refractivity contribution in [3.8, 4) is 23.3 Å². The zero-order chi connectivity index (χ0) is 27.5. The van der Waals surface area contributed by atoms with Crippen LogP contribution in [0.3, 0.4) is 0 Å². The van der Waals surface area contributed by atoms with E-state index in [-0.39, 0.29) is 18.0 Å². The molecule has 7 heteroatoms. The predicted molar refractivity (Wildman–Crippen MR) is 147 cm³/mol. The summed E-state index contributed by atoms with van der Waals surface area (Å²) in [6.45, 7) is 8.77. The smallest absolute Gasteiger partial charge is 0.308 e. The van der Waals surface area contributed by atoms with Gasteiger partial charge in [-0.3, -0.25) is 14.5 Å². The number of esters is 1. The number of piperidine rings is 1. The number of carbonyl (C=O) groups is 2. The van der Waals surface area contributed by atoms with Crippen LogP contribution in [0, 0.1) is 18.8 Å². The van der Waals surface area contributed by atoms with Gasteiger partial charge >= 0.3 is 5.97 Å². The van der Waals surface area contributed by atoms with E-state index in [9.17, 15) is 14.7 Å². The van der Waals surface area contributed by atoms with Crippen LogP contribution in [-0.2, 0) is 21.4 Å². The number of benzene rings is 2. The maximum atomic E-state index is 13.4. The van der Waals surface area contributed by atoms with Crippen molar-refractivity contribution in [3.05, 3.63) is 71.3 Å². The molecule has 6 rings (SSSR count). The van der Waals surface area contributed by atoms with E-state index in [0.29, 0.717) is 43.7 Å². The third-order valence-electron chi connectivity index (χ3n) is 9.29. The van der Waals surface area contributed by atoms with Gasteiger partial charge in [-0.1, -0.05) is 30.2 Å². The van der Waals surface area contributed by atoms with Crippen molar-refractivity contribution in [3.63, 3.8) is 0 Å². The number of ether oxygens (including phenoxy) is 2. The molecule has 1 saturated carbocycles. The number of aryl methyl sites for hydroxylation is 1. The number of amides is 1. The van der Waals surface area contributed by atoms with Gasteiger partial charge in [0.1, 0.15) is 6.10 Å². The molecule has 202 valence electrons. The molecule has 2 aliphatic heterocycles. The highest BCUT2D eigenvalue weighted by atomic mass is 16.6. The Hall–Kier alpha value is -3.60. The van der Waals surface area contributed by atoms with E-state index in [1.165, 1.54) is 6.92 Å². The van der Waals surface area contributed by atoms with Crippen molar-refractivity contribution in [1.29, 1.82) is 0 Å². The molecule has 0 radical (unpaired) electrons. The van der Waals surface area contributed by atoms with Gasteiger partial charge in [-0.25, -0.2) is 0 Å². The molecular formula is C32H34N2O5. The molecule has 2 heterocycles. The van der Waals surface area contributed by atoms with Gasteiger partial charge in [0, 0.05) is 43.6 Å². The minimum absolute atomic E-state index is 0.101. The van der Waals surface area contributed by atoms with Crippen molar-refractivity contribution in [2.75, 3.05) is 20.1 Å². The van der Waals surface area contributed by atoms with E-state index in [1.807, 2.05) is 43.3 Å². The molecule has 2 aromatic rings. The SMILES string of the molecule is C=CCN1CC[C@]23c4c5ccc(OC(C)=O)c4O[C@H]2[C@H](N(C)C(=O)C#Cc2cccc(C)c2)CC[C@@]3(O)[C@H]1C5. The Labute approximate surface area is 229 Å². The fourth-order valence-electron chi connectivity index (χ4n) is 7.70. The van der Waals surface area contributed by atoms with Gasteiger partial charge in [-0.05, 0) is 68.5 Å². The Bertz CT molecular complexity index is 1440. The first kappa shape index (κ1) is 25.7. The summed E-state index contributed by atoms with van der Waals surface area (Å²) in [4.78, 5) is 29.3. The van der Waals surface area contributed by atoms with E-state index in [2.05, 4.69) is 23.3 Å². The summed E-state index contributed by atoms with van der Waals surface area (Å²) in [5.41, 5.74) is 2.13. The number of hydrogen-bond donors (Lipinski definition) is 1. The van der Waals surface area contributed by atoms with Crippen LogP contribution in [0.25, 0.3) is 0 Å². The minimum atomic E-state index is -1.06. The van der Waals surface area contributed by atoms with Gasteiger partial charge in [0.2, 0.25) is 0 Å². The Kier molecular flexibility index (Phi) is 6.09. The number of likely N-dealkylation sites (tertiary alicyclic amines) is 1. The maximum absolute atomic E-state index is 13.4. The van der Waals surface area contributed by atoms with E-state index in [4.69, 9.17) is 9.47 Å². The van der Waals surface area contributed by atoms with Crippen molar-refractivity contribution >= 4 is 11.9 Å². The van der Waals surface area contributed by atoms with E-state index >= 15 is 0 Å². The molecule has 1 saturated heterocycles. The van der Waals surface area contributed by atoms with Crippen LogP contribution in [0.2, 0.25) is 0 Å². The molecule has 4 aliphatic rings. The van der Waals surface area contributed by atoms with Gasteiger partial charge in [0.05, 0.1) is 17.1 Å². The lowest BCUT2D eigenvalue weighted by Gasteiger charge is -2.64. The molecule has 7 nitrogen and oxygen atoms in total. The molecule has 1 spiro atoms. The highest BCUT2D eigenvalue weighted by Crippen LogP contribution is 2.65. The number of nitrogens with zero attached hydrogens (tertiary/aromatic N) is 2. The second kappa shape index (κ2) is 9.25. The Morgan fingerprint density at radius 2 is 2.13 bits per heavy atom. The van der Waals surface area contributed by atoms with E-state index < -0.39 is 23.1 Å².